The van der Waals surface area contributed by atoms with Crippen molar-refractivity contribution in [3.63, 3.8) is 0 Å². The summed E-state index contributed by atoms with van der Waals surface area (Å²) in [7, 11) is 0. The summed E-state index contributed by atoms with van der Waals surface area (Å²) in [6.45, 7) is 2.45. The third-order valence-corrected chi connectivity index (χ3v) is 3.51. The lowest BCUT2D eigenvalue weighted by atomic mass is 10.3. The minimum Gasteiger partial charge on any atom is -0.467 e. The molecule has 3 aromatic rings. The molecule has 0 aliphatic rings. The number of nitrogens with zero attached hydrogens (tertiary/aromatic N) is 2. The van der Waals surface area contributed by atoms with Gasteiger partial charge in [-0.05, 0) is 43.3 Å². The predicted molar refractivity (Wildman–Crippen MR) is 90.2 cm³/mol. The van der Waals surface area contributed by atoms with Gasteiger partial charge >= 0.3 is 0 Å². The van der Waals surface area contributed by atoms with Crippen LogP contribution in [0.1, 0.15) is 11.6 Å². The van der Waals surface area contributed by atoms with E-state index in [0.29, 0.717) is 12.4 Å². The largest absolute Gasteiger partial charge is 0.467 e. The lowest BCUT2D eigenvalue weighted by Crippen LogP contribution is -2.04. The highest BCUT2D eigenvalue weighted by Gasteiger charge is 2.03. The summed E-state index contributed by atoms with van der Waals surface area (Å²) in [5.74, 6) is 3.06. The van der Waals surface area contributed by atoms with Crippen LogP contribution in [0.15, 0.2) is 57.6 Å². The summed E-state index contributed by atoms with van der Waals surface area (Å²) >= 11 is 3.42. The van der Waals surface area contributed by atoms with Crippen LogP contribution >= 0.6 is 15.9 Å². The first kappa shape index (κ1) is 14.6. The number of nitrogens with one attached hydrogen (secondary N) is 2. The molecule has 0 radical (unpaired) electrons. The molecule has 112 valence electrons. The van der Waals surface area contributed by atoms with Crippen LogP contribution in [0.5, 0.6) is 0 Å². The zero-order chi connectivity index (χ0) is 15.4. The van der Waals surface area contributed by atoms with Crippen molar-refractivity contribution in [1.82, 2.24) is 9.97 Å². The van der Waals surface area contributed by atoms with Gasteiger partial charge < -0.3 is 15.1 Å². The molecule has 6 heteroatoms. The number of halogens is 1. The Labute approximate surface area is 136 Å². The van der Waals surface area contributed by atoms with Crippen molar-refractivity contribution in [3.05, 3.63) is 64.8 Å². The van der Waals surface area contributed by atoms with Crippen molar-refractivity contribution in [2.75, 3.05) is 10.6 Å². The summed E-state index contributed by atoms with van der Waals surface area (Å²) in [6, 6.07) is 13.6. The van der Waals surface area contributed by atoms with Crippen LogP contribution < -0.4 is 10.6 Å². The molecule has 0 fully saturated rings. The van der Waals surface area contributed by atoms with Gasteiger partial charge in [-0.1, -0.05) is 15.9 Å². The highest BCUT2D eigenvalue weighted by molar-refractivity contribution is 9.10. The Morgan fingerprint density at radius 1 is 1.09 bits per heavy atom. The molecule has 0 saturated heterocycles. The topological polar surface area (TPSA) is 63.0 Å². The van der Waals surface area contributed by atoms with Crippen LogP contribution in [0.2, 0.25) is 0 Å². The van der Waals surface area contributed by atoms with Gasteiger partial charge in [-0.3, -0.25) is 0 Å². The number of hydrogen-bond donors (Lipinski definition) is 2. The molecule has 5 nitrogen and oxygen atoms in total. The van der Waals surface area contributed by atoms with E-state index < -0.39 is 0 Å². The molecule has 3 rings (SSSR count). The summed E-state index contributed by atoms with van der Waals surface area (Å²) in [5, 5.41) is 6.50. The summed E-state index contributed by atoms with van der Waals surface area (Å²) in [4.78, 5) is 8.78. The molecule has 0 spiro atoms. The minimum atomic E-state index is 0.585. The van der Waals surface area contributed by atoms with Crippen molar-refractivity contribution >= 4 is 33.3 Å². The standard InChI is InChI=1S/C16H15BrN4O/c1-11-19-15(18-10-14-3-2-8-22-14)9-16(20-11)21-13-6-4-12(17)5-7-13/h2-9H,10H2,1H3,(H2,18,19,20,21). The first-order chi connectivity index (χ1) is 10.7. The van der Waals surface area contributed by atoms with Crippen molar-refractivity contribution in [1.29, 1.82) is 0 Å². The predicted octanol–water partition coefficient (Wildman–Crippen LogP) is 4.50. The van der Waals surface area contributed by atoms with E-state index in [1.807, 2.05) is 49.4 Å². The molecule has 22 heavy (non-hydrogen) atoms. The molecule has 2 heterocycles. The van der Waals surface area contributed by atoms with Gasteiger partial charge in [0.15, 0.2) is 0 Å². The fourth-order valence-corrected chi connectivity index (χ4v) is 2.26. The zero-order valence-corrected chi connectivity index (χ0v) is 13.6. The second-order valence-corrected chi connectivity index (χ2v) is 5.67. The molecule has 2 aromatic heterocycles. The van der Waals surface area contributed by atoms with E-state index in [0.717, 1.165) is 27.6 Å². The third kappa shape index (κ3) is 3.85. The van der Waals surface area contributed by atoms with E-state index in [9.17, 15) is 0 Å². The number of aromatic nitrogens is 2. The molecular weight excluding hydrogens is 344 g/mol. The van der Waals surface area contributed by atoms with Gasteiger partial charge in [-0.2, -0.15) is 0 Å². The lowest BCUT2D eigenvalue weighted by molar-refractivity contribution is 0.518. The average Bonchev–Trinajstić information content (AvgIpc) is 3.00. The van der Waals surface area contributed by atoms with E-state index >= 15 is 0 Å². The molecule has 0 aliphatic heterocycles. The molecular formula is C16H15BrN4O. The Morgan fingerprint density at radius 2 is 1.86 bits per heavy atom. The molecule has 0 bridgehead atoms. The third-order valence-electron chi connectivity index (χ3n) is 2.98. The highest BCUT2D eigenvalue weighted by atomic mass is 79.9. The van der Waals surface area contributed by atoms with Crippen LogP contribution in [0.3, 0.4) is 0 Å². The lowest BCUT2D eigenvalue weighted by Gasteiger charge is -2.09. The maximum Gasteiger partial charge on any atom is 0.136 e. The van der Waals surface area contributed by atoms with Gasteiger partial charge in [-0.25, -0.2) is 9.97 Å². The first-order valence-electron chi connectivity index (χ1n) is 6.83. The monoisotopic (exact) mass is 358 g/mol. The van der Waals surface area contributed by atoms with Gasteiger partial charge in [0, 0.05) is 16.2 Å². The van der Waals surface area contributed by atoms with Crippen molar-refractivity contribution in [2.24, 2.45) is 0 Å². The summed E-state index contributed by atoms with van der Waals surface area (Å²) < 4.78 is 6.34. The van der Waals surface area contributed by atoms with Crippen LogP contribution in [-0.2, 0) is 6.54 Å². The van der Waals surface area contributed by atoms with Gasteiger partial charge in [0.1, 0.15) is 23.2 Å². The SMILES string of the molecule is Cc1nc(NCc2ccco2)cc(Nc2ccc(Br)cc2)n1. The molecule has 1 aromatic carbocycles. The number of benzene rings is 1. The van der Waals surface area contributed by atoms with Crippen LogP contribution in [0, 0.1) is 6.92 Å². The van der Waals surface area contributed by atoms with E-state index in [1.54, 1.807) is 6.26 Å². The Hall–Kier alpha value is -2.34. The van der Waals surface area contributed by atoms with Crippen molar-refractivity contribution in [2.45, 2.75) is 13.5 Å². The highest BCUT2D eigenvalue weighted by Crippen LogP contribution is 2.20. The van der Waals surface area contributed by atoms with Gasteiger partial charge in [0.05, 0.1) is 12.8 Å². The molecule has 0 amide bonds. The first-order valence-corrected chi connectivity index (χ1v) is 7.63. The van der Waals surface area contributed by atoms with E-state index in [-0.39, 0.29) is 0 Å². The minimum absolute atomic E-state index is 0.585. The molecule has 0 unspecified atom stereocenters. The fraction of sp³-hybridized carbons (Fsp3) is 0.125. The Kier molecular flexibility index (Phi) is 4.39. The quantitative estimate of drug-likeness (QED) is 0.703. The number of rotatable bonds is 5. The molecule has 0 aliphatic carbocycles. The average molecular weight is 359 g/mol. The van der Waals surface area contributed by atoms with E-state index in [2.05, 4.69) is 36.5 Å². The fourth-order valence-electron chi connectivity index (χ4n) is 1.99. The Morgan fingerprint density at radius 3 is 2.59 bits per heavy atom. The maximum atomic E-state index is 5.30. The Balaban J connectivity index is 1.73. The summed E-state index contributed by atoms with van der Waals surface area (Å²) in [6.07, 6.45) is 1.66. The van der Waals surface area contributed by atoms with Gasteiger partial charge in [0.25, 0.3) is 0 Å². The maximum absolute atomic E-state index is 5.30. The van der Waals surface area contributed by atoms with E-state index in [4.69, 9.17) is 4.42 Å². The number of hydrogen-bond acceptors (Lipinski definition) is 5. The van der Waals surface area contributed by atoms with Crippen LogP contribution in [0.25, 0.3) is 0 Å². The molecule has 2 N–H and O–H groups in total. The van der Waals surface area contributed by atoms with Crippen LogP contribution in [-0.4, -0.2) is 9.97 Å². The van der Waals surface area contributed by atoms with Crippen molar-refractivity contribution < 1.29 is 4.42 Å². The molecule has 0 saturated carbocycles. The summed E-state index contributed by atoms with van der Waals surface area (Å²) in [5.41, 5.74) is 0.971. The second kappa shape index (κ2) is 6.62. The van der Waals surface area contributed by atoms with Crippen molar-refractivity contribution in [3.8, 4) is 0 Å². The zero-order valence-electron chi connectivity index (χ0n) is 12.0. The number of aryl methyl sites for hydroxylation is 1. The van der Waals surface area contributed by atoms with Gasteiger partial charge in [-0.15, -0.1) is 0 Å². The van der Waals surface area contributed by atoms with Gasteiger partial charge in [0.2, 0.25) is 0 Å². The number of furan rings is 1. The Bertz CT molecular complexity index is 741. The van der Waals surface area contributed by atoms with E-state index in [1.165, 1.54) is 0 Å². The smallest absolute Gasteiger partial charge is 0.136 e. The van der Waals surface area contributed by atoms with Crippen LogP contribution in [0.4, 0.5) is 17.3 Å². The second-order valence-electron chi connectivity index (χ2n) is 4.75. The molecule has 0 atom stereocenters. The number of anilines is 3. The normalized spacial score (nSPS) is 10.5.